The number of benzene rings is 1. The van der Waals surface area contributed by atoms with Crippen molar-refractivity contribution >= 4 is 5.78 Å². The van der Waals surface area contributed by atoms with Crippen LogP contribution in [0.1, 0.15) is 43.5 Å². The molecule has 1 aliphatic carbocycles. The lowest BCUT2D eigenvalue weighted by Gasteiger charge is -2.31. The normalized spacial score (nSPS) is 27.1. The lowest BCUT2D eigenvalue weighted by atomic mass is 9.73. The molecule has 0 aliphatic heterocycles. The molecule has 3 unspecified atom stereocenters. The summed E-state index contributed by atoms with van der Waals surface area (Å²) in [7, 11) is 1.47. The molecule has 2 nitrogen and oxygen atoms in total. The van der Waals surface area contributed by atoms with Crippen molar-refractivity contribution in [1.29, 1.82) is 0 Å². The maximum Gasteiger partial charge on any atom is 0.172 e. The maximum absolute atomic E-state index is 13.9. The monoisotopic (exact) mass is 264 g/mol. The first-order valence-electron chi connectivity index (χ1n) is 6.91. The van der Waals surface area contributed by atoms with Gasteiger partial charge in [-0.1, -0.05) is 19.9 Å². The van der Waals surface area contributed by atoms with Gasteiger partial charge >= 0.3 is 0 Å². The van der Waals surface area contributed by atoms with Crippen LogP contribution in [-0.4, -0.2) is 12.9 Å². The molecule has 3 atom stereocenters. The van der Waals surface area contributed by atoms with Gasteiger partial charge in [0.05, 0.1) is 12.7 Å². The second-order valence-electron chi connectivity index (χ2n) is 5.65. The van der Waals surface area contributed by atoms with Crippen LogP contribution in [0.25, 0.3) is 0 Å². The summed E-state index contributed by atoms with van der Waals surface area (Å²) < 4.78 is 19.0. The van der Waals surface area contributed by atoms with Gasteiger partial charge in [0, 0.05) is 5.92 Å². The Morgan fingerprint density at radius 2 is 2.00 bits per heavy atom. The quantitative estimate of drug-likeness (QED) is 0.769. The van der Waals surface area contributed by atoms with Crippen LogP contribution in [0.3, 0.4) is 0 Å². The Hall–Kier alpha value is -1.38. The zero-order valence-electron chi connectivity index (χ0n) is 11.8. The van der Waals surface area contributed by atoms with Crippen LogP contribution in [0.15, 0.2) is 18.2 Å². The fraction of sp³-hybridized carbons (Fsp3) is 0.562. The van der Waals surface area contributed by atoms with E-state index in [9.17, 15) is 9.18 Å². The maximum atomic E-state index is 13.9. The highest BCUT2D eigenvalue weighted by Gasteiger charge is 2.32. The van der Waals surface area contributed by atoms with Crippen molar-refractivity contribution in [2.75, 3.05) is 7.11 Å². The van der Waals surface area contributed by atoms with Gasteiger partial charge in [-0.3, -0.25) is 4.79 Å². The average molecular weight is 264 g/mol. The standard InChI is InChI=1S/C16H21FO2/c1-10-7-8-12(9-11(10)2)16(18)15-13(17)5-4-6-14(15)19-3/h4-6,10-12H,7-9H2,1-3H3. The smallest absolute Gasteiger partial charge is 0.172 e. The number of hydrogen-bond donors (Lipinski definition) is 0. The predicted octanol–water partition coefficient (Wildman–Crippen LogP) is 4.09. The molecule has 0 aromatic heterocycles. The molecule has 0 radical (unpaired) electrons. The van der Waals surface area contributed by atoms with Crippen LogP contribution in [0, 0.1) is 23.6 Å². The Morgan fingerprint density at radius 3 is 2.63 bits per heavy atom. The van der Waals surface area contributed by atoms with Crippen molar-refractivity contribution in [3.8, 4) is 5.75 Å². The summed E-state index contributed by atoms with van der Waals surface area (Å²) in [5.74, 6) is 0.852. The van der Waals surface area contributed by atoms with Crippen molar-refractivity contribution in [2.24, 2.45) is 17.8 Å². The van der Waals surface area contributed by atoms with E-state index in [2.05, 4.69) is 13.8 Å². The Morgan fingerprint density at radius 1 is 1.26 bits per heavy atom. The zero-order chi connectivity index (χ0) is 14.0. The molecule has 104 valence electrons. The summed E-state index contributed by atoms with van der Waals surface area (Å²) in [4.78, 5) is 12.5. The number of ketones is 1. The van der Waals surface area contributed by atoms with Gasteiger partial charge in [-0.15, -0.1) is 0 Å². The number of carbonyl (C=O) groups is 1. The van der Waals surface area contributed by atoms with Crippen molar-refractivity contribution in [3.63, 3.8) is 0 Å². The van der Waals surface area contributed by atoms with Gasteiger partial charge in [0.25, 0.3) is 0 Å². The molecule has 1 aromatic carbocycles. The lowest BCUT2D eigenvalue weighted by Crippen LogP contribution is -2.27. The Labute approximate surface area is 114 Å². The van der Waals surface area contributed by atoms with Crippen LogP contribution in [0.2, 0.25) is 0 Å². The van der Waals surface area contributed by atoms with Gasteiger partial charge < -0.3 is 4.74 Å². The molecular formula is C16H21FO2. The molecule has 0 saturated heterocycles. The van der Waals surface area contributed by atoms with E-state index in [0.29, 0.717) is 17.6 Å². The van der Waals surface area contributed by atoms with Crippen molar-refractivity contribution < 1.29 is 13.9 Å². The Balaban J connectivity index is 2.25. The number of rotatable bonds is 3. The number of halogens is 1. The van der Waals surface area contributed by atoms with Crippen molar-refractivity contribution in [3.05, 3.63) is 29.6 Å². The first-order valence-corrected chi connectivity index (χ1v) is 6.91. The molecule has 0 spiro atoms. The minimum Gasteiger partial charge on any atom is -0.496 e. The molecule has 1 fully saturated rings. The van der Waals surface area contributed by atoms with E-state index in [4.69, 9.17) is 4.74 Å². The van der Waals surface area contributed by atoms with Gasteiger partial charge in [-0.05, 0) is 43.2 Å². The molecule has 3 heteroatoms. The van der Waals surface area contributed by atoms with Crippen LogP contribution < -0.4 is 4.74 Å². The van der Waals surface area contributed by atoms with Crippen LogP contribution >= 0.6 is 0 Å². The second-order valence-corrected chi connectivity index (χ2v) is 5.65. The predicted molar refractivity (Wildman–Crippen MR) is 73.0 cm³/mol. The first kappa shape index (κ1) is 14.0. The molecule has 0 N–H and O–H groups in total. The summed E-state index contributed by atoms with van der Waals surface area (Å²) in [6.45, 7) is 4.39. The highest BCUT2D eigenvalue weighted by atomic mass is 19.1. The molecule has 19 heavy (non-hydrogen) atoms. The van der Waals surface area contributed by atoms with E-state index >= 15 is 0 Å². The van der Waals surface area contributed by atoms with Gasteiger partial charge in [0.15, 0.2) is 5.78 Å². The molecule has 0 heterocycles. The Bertz CT molecular complexity index is 470. The third-order valence-corrected chi connectivity index (χ3v) is 4.41. The Kier molecular flexibility index (Phi) is 4.23. The largest absolute Gasteiger partial charge is 0.496 e. The highest BCUT2D eigenvalue weighted by molar-refractivity contribution is 6.00. The van der Waals surface area contributed by atoms with Crippen LogP contribution in [0.5, 0.6) is 5.75 Å². The minimum atomic E-state index is -0.476. The van der Waals surface area contributed by atoms with E-state index < -0.39 is 5.82 Å². The number of carbonyl (C=O) groups excluding carboxylic acids is 1. The number of ether oxygens (including phenoxy) is 1. The van der Waals surface area contributed by atoms with Crippen LogP contribution in [-0.2, 0) is 0 Å². The number of methoxy groups -OCH3 is 1. The summed E-state index contributed by atoms with van der Waals surface area (Å²) in [5, 5.41) is 0. The lowest BCUT2D eigenvalue weighted by molar-refractivity contribution is 0.0830. The molecule has 2 rings (SSSR count). The fourth-order valence-electron chi connectivity index (χ4n) is 2.90. The third kappa shape index (κ3) is 2.80. The second kappa shape index (κ2) is 5.72. The van der Waals surface area contributed by atoms with Crippen molar-refractivity contribution in [2.45, 2.75) is 33.1 Å². The van der Waals surface area contributed by atoms with E-state index in [1.807, 2.05) is 0 Å². The fourth-order valence-corrected chi connectivity index (χ4v) is 2.90. The zero-order valence-corrected chi connectivity index (χ0v) is 11.8. The summed E-state index contributed by atoms with van der Waals surface area (Å²) >= 11 is 0. The van der Waals surface area contributed by atoms with Crippen molar-refractivity contribution in [1.82, 2.24) is 0 Å². The summed E-state index contributed by atoms with van der Waals surface area (Å²) in [5.41, 5.74) is 0.122. The molecule has 1 aromatic rings. The minimum absolute atomic E-state index is 0.0722. The van der Waals surface area contributed by atoms with E-state index in [1.165, 1.54) is 13.2 Å². The summed E-state index contributed by atoms with van der Waals surface area (Å²) in [6.07, 6.45) is 2.73. The van der Waals surface area contributed by atoms with Crippen LogP contribution in [0.4, 0.5) is 4.39 Å². The molecule has 0 bridgehead atoms. The molecule has 0 amide bonds. The molecule has 1 saturated carbocycles. The first-order chi connectivity index (χ1) is 9.04. The van der Waals surface area contributed by atoms with Gasteiger partial charge in [-0.2, -0.15) is 0 Å². The van der Waals surface area contributed by atoms with E-state index in [0.717, 1.165) is 19.3 Å². The van der Waals surface area contributed by atoms with E-state index in [-0.39, 0.29) is 17.3 Å². The third-order valence-electron chi connectivity index (χ3n) is 4.41. The number of Topliss-reactive ketones (excluding diaryl/α,β-unsaturated/α-hetero) is 1. The molecular weight excluding hydrogens is 243 g/mol. The topological polar surface area (TPSA) is 26.3 Å². The molecule has 1 aliphatic rings. The van der Waals surface area contributed by atoms with Gasteiger partial charge in [-0.25, -0.2) is 4.39 Å². The summed E-state index contributed by atoms with van der Waals surface area (Å²) in [6, 6.07) is 4.53. The van der Waals surface area contributed by atoms with E-state index in [1.54, 1.807) is 12.1 Å². The number of hydrogen-bond acceptors (Lipinski definition) is 2. The van der Waals surface area contributed by atoms with Gasteiger partial charge in [0.1, 0.15) is 11.6 Å². The van der Waals surface area contributed by atoms with Gasteiger partial charge in [0.2, 0.25) is 0 Å². The average Bonchev–Trinajstić information content (AvgIpc) is 2.40. The SMILES string of the molecule is COc1cccc(F)c1C(=O)C1CCC(C)C(C)C1. The highest BCUT2D eigenvalue weighted by Crippen LogP contribution is 2.36.